The molecular weight excluding hydrogens is 224 g/mol. The van der Waals surface area contributed by atoms with Crippen molar-refractivity contribution < 1.29 is 0 Å². The summed E-state index contributed by atoms with van der Waals surface area (Å²) >= 11 is 0. The van der Waals surface area contributed by atoms with Gasteiger partial charge in [-0.2, -0.15) is 0 Å². The van der Waals surface area contributed by atoms with Crippen LogP contribution in [0, 0.1) is 13.8 Å². The Bertz CT molecular complexity index is 516. The van der Waals surface area contributed by atoms with E-state index >= 15 is 0 Å². The quantitative estimate of drug-likeness (QED) is 0.821. The zero-order valence-electron chi connectivity index (χ0n) is 11.3. The summed E-state index contributed by atoms with van der Waals surface area (Å²) in [4.78, 5) is 0. The first-order valence-corrected chi connectivity index (χ1v) is 6.40. The molecule has 0 saturated heterocycles. The van der Waals surface area contributed by atoms with Gasteiger partial charge in [-0.25, -0.2) is 4.68 Å². The van der Waals surface area contributed by atoms with E-state index in [1.54, 1.807) is 0 Å². The van der Waals surface area contributed by atoms with Crippen molar-refractivity contribution in [2.24, 2.45) is 0 Å². The van der Waals surface area contributed by atoms with Crippen molar-refractivity contribution in [3.63, 3.8) is 0 Å². The largest absolute Gasteiger partial charge is 0.311 e. The average Bonchev–Trinajstić information content (AvgIpc) is 2.78. The fourth-order valence-electron chi connectivity index (χ4n) is 2.02. The molecule has 0 radical (unpaired) electrons. The van der Waals surface area contributed by atoms with Crippen LogP contribution in [0.15, 0.2) is 24.4 Å². The van der Waals surface area contributed by atoms with Gasteiger partial charge in [-0.05, 0) is 38.4 Å². The first-order chi connectivity index (χ1) is 8.72. The molecule has 2 aromatic rings. The van der Waals surface area contributed by atoms with Gasteiger partial charge in [-0.15, -0.1) is 5.10 Å². The first-order valence-electron chi connectivity index (χ1n) is 6.40. The molecule has 4 nitrogen and oxygen atoms in total. The van der Waals surface area contributed by atoms with Crippen LogP contribution in [-0.4, -0.2) is 21.5 Å². The normalized spacial score (nSPS) is 10.8. The maximum absolute atomic E-state index is 4.18. The molecule has 1 N–H and O–H groups in total. The lowest BCUT2D eigenvalue weighted by Crippen LogP contribution is -2.17. The molecule has 0 aliphatic heterocycles. The molecule has 0 unspecified atom stereocenters. The fourth-order valence-corrected chi connectivity index (χ4v) is 2.02. The molecular formula is C14H20N4. The fraction of sp³-hybridized carbons (Fsp3) is 0.429. The van der Waals surface area contributed by atoms with Gasteiger partial charge < -0.3 is 5.32 Å². The van der Waals surface area contributed by atoms with E-state index in [9.17, 15) is 0 Å². The molecule has 0 aliphatic carbocycles. The molecule has 0 bridgehead atoms. The van der Waals surface area contributed by atoms with Crippen LogP contribution < -0.4 is 5.32 Å². The summed E-state index contributed by atoms with van der Waals surface area (Å²) in [6, 6.07) is 6.37. The van der Waals surface area contributed by atoms with Crippen LogP contribution in [0.5, 0.6) is 0 Å². The van der Waals surface area contributed by atoms with Crippen molar-refractivity contribution in [1.82, 2.24) is 20.3 Å². The molecule has 0 amide bonds. The minimum Gasteiger partial charge on any atom is -0.311 e. The van der Waals surface area contributed by atoms with Crippen molar-refractivity contribution in [2.75, 3.05) is 6.54 Å². The van der Waals surface area contributed by atoms with Crippen molar-refractivity contribution in [1.29, 1.82) is 0 Å². The number of hydrogen-bond donors (Lipinski definition) is 1. The molecule has 18 heavy (non-hydrogen) atoms. The van der Waals surface area contributed by atoms with Gasteiger partial charge in [-0.3, -0.25) is 0 Å². The number of nitrogens with zero attached hydrogens (tertiary/aromatic N) is 3. The van der Waals surface area contributed by atoms with Crippen molar-refractivity contribution >= 4 is 0 Å². The zero-order valence-corrected chi connectivity index (χ0v) is 11.3. The number of aryl methyl sites for hydroxylation is 2. The van der Waals surface area contributed by atoms with Gasteiger partial charge >= 0.3 is 0 Å². The Labute approximate surface area is 108 Å². The van der Waals surface area contributed by atoms with E-state index in [0.717, 1.165) is 30.9 Å². The van der Waals surface area contributed by atoms with E-state index in [4.69, 9.17) is 0 Å². The van der Waals surface area contributed by atoms with Gasteiger partial charge in [0.15, 0.2) is 0 Å². The lowest BCUT2D eigenvalue weighted by Gasteiger charge is -2.10. The van der Waals surface area contributed by atoms with Gasteiger partial charge in [-0.1, -0.05) is 29.8 Å². The van der Waals surface area contributed by atoms with E-state index < -0.39 is 0 Å². The summed E-state index contributed by atoms with van der Waals surface area (Å²) in [7, 11) is 0. The number of rotatable bonds is 5. The Morgan fingerprint density at radius 2 is 2.11 bits per heavy atom. The number of nitrogens with one attached hydrogen (secondary N) is 1. The SMILES string of the molecule is CCCNCc1cnnn1-c1ccc(C)cc1C. The highest BCUT2D eigenvalue weighted by Gasteiger charge is 2.08. The van der Waals surface area contributed by atoms with E-state index in [1.807, 2.05) is 10.9 Å². The predicted octanol–water partition coefficient (Wildman–Crippen LogP) is 2.38. The number of benzene rings is 1. The third kappa shape index (κ3) is 2.76. The second-order valence-electron chi connectivity index (χ2n) is 4.60. The van der Waals surface area contributed by atoms with Crippen LogP contribution in [-0.2, 0) is 6.54 Å². The maximum atomic E-state index is 4.18. The molecule has 2 rings (SSSR count). The van der Waals surface area contributed by atoms with E-state index in [0.29, 0.717) is 0 Å². The van der Waals surface area contributed by atoms with Crippen LogP contribution in [0.25, 0.3) is 5.69 Å². The highest BCUT2D eigenvalue weighted by atomic mass is 15.4. The lowest BCUT2D eigenvalue weighted by atomic mass is 10.1. The Kier molecular flexibility index (Phi) is 4.10. The van der Waals surface area contributed by atoms with Gasteiger partial charge in [0, 0.05) is 6.54 Å². The molecule has 0 saturated carbocycles. The van der Waals surface area contributed by atoms with Crippen molar-refractivity contribution in [3.05, 3.63) is 41.2 Å². The predicted molar refractivity (Wildman–Crippen MR) is 72.8 cm³/mol. The summed E-state index contributed by atoms with van der Waals surface area (Å²) in [5, 5.41) is 11.6. The molecule has 1 aromatic heterocycles. The monoisotopic (exact) mass is 244 g/mol. The van der Waals surface area contributed by atoms with Gasteiger partial charge in [0.1, 0.15) is 0 Å². The zero-order chi connectivity index (χ0) is 13.0. The minimum atomic E-state index is 0.800. The van der Waals surface area contributed by atoms with Crippen molar-refractivity contribution in [3.8, 4) is 5.69 Å². The second-order valence-corrected chi connectivity index (χ2v) is 4.60. The molecule has 0 atom stereocenters. The average molecular weight is 244 g/mol. The maximum Gasteiger partial charge on any atom is 0.0783 e. The second kappa shape index (κ2) is 5.78. The van der Waals surface area contributed by atoms with E-state index in [-0.39, 0.29) is 0 Å². The standard InChI is InChI=1S/C14H20N4/c1-4-7-15-9-13-10-16-17-18(13)14-6-5-11(2)8-12(14)3/h5-6,8,10,15H,4,7,9H2,1-3H3. The number of aromatic nitrogens is 3. The highest BCUT2D eigenvalue weighted by molar-refractivity contribution is 5.42. The van der Waals surface area contributed by atoms with Gasteiger partial charge in [0.2, 0.25) is 0 Å². The Hall–Kier alpha value is -1.68. The summed E-state index contributed by atoms with van der Waals surface area (Å²) in [5.74, 6) is 0. The third-order valence-corrected chi connectivity index (χ3v) is 2.93. The molecule has 96 valence electrons. The molecule has 1 aromatic carbocycles. The smallest absolute Gasteiger partial charge is 0.0783 e. The molecule has 4 heteroatoms. The molecule has 0 spiro atoms. The van der Waals surface area contributed by atoms with Crippen LogP contribution >= 0.6 is 0 Å². The minimum absolute atomic E-state index is 0.800. The Balaban J connectivity index is 2.25. The summed E-state index contributed by atoms with van der Waals surface area (Å²) < 4.78 is 1.91. The lowest BCUT2D eigenvalue weighted by molar-refractivity contribution is 0.640. The van der Waals surface area contributed by atoms with E-state index in [1.165, 1.54) is 11.1 Å². The Morgan fingerprint density at radius 1 is 1.28 bits per heavy atom. The topological polar surface area (TPSA) is 42.7 Å². The van der Waals surface area contributed by atoms with Crippen LogP contribution in [0.1, 0.15) is 30.2 Å². The van der Waals surface area contributed by atoms with Crippen LogP contribution in [0.4, 0.5) is 0 Å². The van der Waals surface area contributed by atoms with Crippen LogP contribution in [0.2, 0.25) is 0 Å². The highest BCUT2D eigenvalue weighted by Crippen LogP contribution is 2.16. The summed E-state index contributed by atoms with van der Waals surface area (Å²) in [6.45, 7) is 8.17. The third-order valence-electron chi connectivity index (χ3n) is 2.93. The van der Waals surface area contributed by atoms with Crippen molar-refractivity contribution in [2.45, 2.75) is 33.7 Å². The van der Waals surface area contributed by atoms with Gasteiger partial charge in [0.05, 0.1) is 17.6 Å². The van der Waals surface area contributed by atoms with E-state index in [2.05, 4.69) is 54.6 Å². The molecule has 1 heterocycles. The Morgan fingerprint density at radius 3 is 2.83 bits per heavy atom. The molecule has 0 aliphatic rings. The first kappa shape index (κ1) is 12.8. The molecule has 0 fully saturated rings. The van der Waals surface area contributed by atoms with Gasteiger partial charge in [0.25, 0.3) is 0 Å². The van der Waals surface area contributed by atoms with Crippen LogP contribution in [0.3, 0.4) is 0 Å². The number of hydrogen-bond acceptors (Lipinski definition) is 3. The summed E-state index contributed by atoms with van der Waals surface area (Å²) in [6.07, 6.45) is 2.95. The summed E-state index contributed by atoms with van der Waals surface area (Å²) in [5.41, 5.74) is 4.68.